The number of phenols is 1. The Morgan fingerprint density at radius 2 is 1.71 bits per heavy atom. The molecule has 1 aliphatic carbocycles. The molecule has 1 fully saturated rings. The maximum absolute atomic E-state index is 15.2. The lowest BCUT2D eigenvalue weighted by molar-refractivity contribution is -0.123. The van der Waals surface area contributed by atoms with Crippen LogP contribution in [0, 0.1) is 23.0 Å². The number of hydrogen-bond acceptors (Lipinski definition) is 7. The number of nitrogens with one attached hydrogen (secondary N) is 2. The number of aromatic nitrogens is 1. The van der Waals surface area contributed by atoms with Crippen molar-refractivity contribution < 1.29 is 32.9 Å². The van der Waals surface area contributed by atoms with Crippen molar-refractivity contribution in [1.29, 1.82) is 0 Å². The number of carbonyl (C=O) groups excluding carboxylic acids is 1. The topological polar surface area (TPSA) is 102 Å². The molecule has 8 nitrogen and oxygen atoms in total. The number of amides is 1. The third-order valence-electron chi connectivity index (χ3n) is 7.92. The van der Waals surface area contributed by atoms with Crippen molar-refractivity contribution in [3.05, 3.63) is 114 Å². The van der Waals surface area contributed by atoms with Gasteiger partial charge in [-0.25, -0.2) is 8.78 Å². The van der Waals surface area contributed by atoms with Crippen molar-refractivity contribution in [2.75, 3.05) is 24.0 Å². The minimum atomic E-state index is -0.724. The number of halogens is 2. The molecule has 0 spiro atoms. The second kappa shape index (κ2) is 12.8. The maximum Gasteiger partial charge on any atom is 0.233 e. The van der Waals surface area contributed by atoms with E-state index in [-0.39, 0.29) is 66.3 Å². The molecule has 0 aliphatic heterocycles. The number of benzene rings is 4. The molecule has 2 atom stereocenters. The predicted molar refractivity (Wildman–Crippen MR) is 166 cm³/mol. The summed E-state index contributed by atoms with van der Waals surface area (Å²) in [6, 6.07) is 24.3. The highest BCUT2D eigenvalue weighted by atomic mass is 19.1. The summed E-state index contributed by atoms with van der Waals surface area (Å²) in [5, 5.41) is 16.9. The van der Waals surface area contributed by atoms with Gasteiger partial charge in [0.05, 0.1) is 17.5 Å². The van der Waals surface area contributed by atoms with Gasteiger partial charge >= 0.3 is 0 Å². The smallest absolute Gasteiger partial charge is 0.233 e. The van der Waals surface area contributed by atoms with Crippen LogP contribution in [0.25, 0.3) is 10.9 Å². The van der Waals surface area contributed by atoms with Gasteiger partial charge in [0, 0.05) is 35.1 Å². The molecule has 0 bridgehead atoms. The van der Waals surface area contributed by atoms with Gasteiger partial charge in [0.1, 0.15) is 24.9 Å². The SMILES string of the molecule is C[C@@H]1C[C@]1(COCNc1ccc(F)cc1)C(=O)Nc1ccc(Oc2ccnc3cc(OCc4ccccc4)c(O)cc23)c(F)c1. The van der Waals surface area contributed by atoms with Crippen LogP contribution in [-0.4, -0.2) is 29.3 Å². The summed E-state index contributed by atoms with van der Waals surface area (Å²) in [4.78, 5) is 17.5. The first-order valence-electron chi connectivity index (χ1n) is 14.5. The molecule has 6 rings (SSSR count). The molecule has 3 N–H and O–H groups in total. The van der Waals surface area contributed by atoms with E-state index in [9.17, 15) is 14.3 Å². The third kappa shape index (κ3) is 6.81. The zero-order valence-corrected chi connectivity index (χ0v) is 24.4. The number of hydrogen-bond donors (Lipinski definition) is 3. The Labute approximate surface area is 258 Å². The summed E-state index contributed by atoms with van der Waals surface area (Å²) in [5.74, 6) is -0.783. The van der Waals surface area contributed by atoms with E-state index in [2.05, 4.69) is 15.6 Å². The van der Waals surface area contributed by atoms with Gasteiger partial charge in [0.15, 0.2) is 23.1 Å². The predicted octanol–water partition coefficient (Wildman–Crippen LogP) is 7.64. The summed E-state index contributed by atoms with van der Waals surface area (Å²) in [6.45, 7) is 2.56. The first-order chi connectivity index (χ1) is 21.8. The second-order valence-corrected chi connectivity index (χ2v) is 11.1. The zero-order chi connectivity index (χ0) is 31.4. The quantitative estimate of drug-likeness (QED) is 0.0984. The Hall–Kier alpha value is -5.22. The fourth-order valence-electron chi connectivity index (χ4n) is 5.12. The first kappa shape index (κ1) is 29.8. The van der Waals surface area contributed by atoms with E-state index in [4.69, 9.17) is 14.2 Å². The highest BCUT2D eigenvalue weighted by molar-refractivity contribution is 5.97. The van der Waals surface area contributed by atoms with Crippen molar-refractivity contribution in [3.8, 4) is 23.0 Å². The zero-order valence-electron chi connectivity index (χ0n) is 24.4. The fourth-order valence-corrected chi connectivity index (χ4v) is 5.12. The molecule has 1 heterocycles. The normalized spacial score (nSPS) is 17.1. The van der Waals surface area contributed by atoms with Gasteiger partial charge in [0.2, 0.25) is 5.91 Å². The molecule has 10 heteroatoms. The van der Waals surface area contributed by atoms with Gasteiger partial charge in [-0.2, -0.15) is 0 Å². The number of fused-ring (bicyclic) bond motifs is 1. The number of anilines is 2. The summed E-state index contributed by atoms with van der Waals surface area (Å²) in [5.41, 5.74) is 1.70. The number of pyridine rings is 1. The molecule has 0 unspecified atom stereocenters. The fraction of sp³-hybridized carbons (Fsp3) is 0.200. The van der Waals surface area contributed by atoms with E-state index in [1.54, 1.807) is 30.3 Å². The summed E-state index contributed by atoms with van der Waals surface area (Å²) >= 11 is 0. The van der Waals surface area contributed by atoms with E-state index >= 15 is 4.39 Å². The van der Waals surface area contributed by atoms with Crippen LogP contribution in [0.1, 0.15) is 18.9 Å². The number of nitrogens with zero attached hydrogens (tertiary/aromatic N) is 1. The lowest BCUT2D eigenvalue weighted by Gasteiger charge is -2.18. The van der Waals surface area contributed by atoms with E-state index in [0.717, 1.165) is 5.56 Å². The van der Waals surface area contributed by atoms with Gasteiger partial charge in [-0.1, -0.05) is 37.3 Å². The molecule has 1 saturated carbocycles. The van der Waals surface area contributed by atoms with Gasteiger partial charge in [-0.15, -0.1) is 0 Å². The van der Waals surface area contributed by atoms with Gasteiger partial charge in [-0.05, 0) is 66.4 Å². The highest BCUT2D eigenvalue weighted by Gasteiger charge is 2.57. The molecular formula is C35H31F2N3O5. The molecule has 0 saturated heterocycles. The van der Waals surface area contributed by atoms with Crippen molar-refractivity contribution in [2.45, 2.75) is 20.0 Å². The average molecular weight is 612 g/mol. The maximum atomic E-state index is 15.2. The first-order valence-corrected chi connectivity index (χ1v) is 14.5. The molecule has 45 heavy (non-hydrogen) atoms. The molecule has 230 valence electrons. The highest BCUT2D eigenvalue weighted by Crippen LogP contribution is 2.53. The van der Waals surface area contributed by atoms with Crippen LogP contribution in [0.3, 0.4) is 0 Å². The number of aromatic hydroxyl groups is 1. The van der Waals surface area contributed by atoms with Crippen molar-refractivity contribution >= 4 is 28.2 Å². The largest absolute Gasteiger partial charge is 0.504 e. The Kier molecular flexibility index (Phi) is 8.48. The summed E-state index contributed by atoms with van der Waals surface area (Å²) in [6.07, 6.45) is 2.16. The van der Waals surface area contributed by atoms with Crippen LogP contribution >= 0.6 is 0 Å². The van der Waals surface area contributed by atoms with Crippen molar-refractivity contribution in [2.24, 2.45) is 11.3 Å². The summed E-state index contributed by atoms with van der Waals surface area (Å²) < 4.78 is 45.7. The van der Waals surface area contributed by atoms with E-state index in [0.29, 0.717) is 23.0 Å². The monoisotopic (exact) mass is 611 g/mol. The Bertz CT molecular complexity index is 1820. The van der Waals surface area contributed by atoms with E-state index in [1.807, 2.05) is 37.3 Å². The van der Waals surface area contributed by atoms with Crippen molar-refractivity contribution in [1.82, 2.24) is 4.98 Å². The Morgan fingerprint density at radius 3 is 2.44 bits per heavy atom. The molecule has 1 aromatic heterocycles. The lowest BCUT2D eigenvalue weighted by atomic mass is 10.0. The molecule has 1 aliphatic rings. The van der Waals surface area contributed by atoms with Crippen molar-refractivity contribution in [3.63, 3.8) is 0 Å². The van der Waals surface area contributed by atoms with E-state index < -0.39 is 11.2 Å². The third-order valence-corrected chi connectivity index (χ3v) is 7.92. The van der Waals surface area contributed by atoms with Crippen LogP contribution in [0.2, 0.25) is 0 Å². The number of ether oxygens (including phenoxy) is 3. The molecule has 4 aromatic carbocycles. The standard InChI is InChI=1S/C35H31F2N3O5/c1-22-18-35(22,20-43-21-39-25-9-7-24(36)8-10-25)34(42)40-26-11-12-32(28(37)15-26)45-31-13-14-38-29-17-33(30(41)16-27(29)31)44-19-23-5-3-2-4-6-23/h2-17,22,39,41H,18-21H2,1H3,(H,40,42)/t22-,35-/m1/s1. The minimum absolute atomic E-state index is 0.0610. The average Bonchev–Trinajstić information content (AvgIpc) is 3.71. The number of phenolic OH excluding ortho intramolecular Hbond substituents is 1. The summed E-state index contributed by atoms with van der Waals surface area (Å²) in [7, 11) is 0. The van der Waals surface area contributed by atoms with Crippen LogP contribution in [0.5, 0.6) is 23.0 Å². The van der Waals surface area contributed by atoms with Crippen LogP contribution in [0.4, 0.5) is 20.2 Å². The Morgan fingerprint density at radius 1 is 0.956 bits per heavy atom. The Balaban J connectivity index is 1.08. The van der Waals surface area contributed by atoms with Crippen LogP contribution in [0.15, 0.2) is 97.2 Å². The molecule has 5 aromatic rings. The molecule has 0 radical (unpaired) electrons. The number of carbonyl (C=O) groups is 1. The van der Waals surface area contributed by atoms with Gasteiger partial charge in [0.25, 0.3) is 0 Å². The van der Waals surface area contributed by atoms with Gasteiger partial charge < -0.3 is 30.0 Å². The lowest BCUT2D eigenvalue weighted by Crippen LogP contribution is -2.31. The molecular weight excluding hydrogens is 580 g/mol. The minimum Gasteiger partial charge on any atom is -0.504 e. The molecule has 1 amide bonds. The van der Waals surface area contributed by atoms with Crippen LogP contribution < -0.4 is 20.1 Å². The van der Waals surface area contributed by atoms with Crippen LogP contribution in [-0.2, 0) is 16.1 Å². The second-order valence-electron chi connectivity index (χ2n) is 11.1. The van der Waals surface area contributed by atoms with E-state index in [1.165, 1.54) is 36.5 Å². The number of rotatable bonds is 12. The van der Waals surface area contributed by atoms with Gasteiger partial charge in [-0.3, -0.25) is 9.78 Å².